The number of hydrogen-bond acceptors (Lipinski definition) is 7. The highest BCUT2D eigenvalue weighted by atomic mass is 32.1. The van der Waals surface area contributed by atoms with Crippen LogP contribution in [0.15, 0.2) is 65.4 Å². The highest BCUT2D eigenvalue weighted by Gasteiger charge is 2.06. The molecule has 0 N–H and O–H groups in total. The van der Waals surface area contributed by atoms with Crippen LogP contribution < -0.4 is 10.2 Å². The van der Waals surface area contributed by atoms with Crippen LogP contribution in [-0.2, 0) is 0 Å². The van der Waals surface area contributed by atoms with Crippen LogP contribution in [0.5, 0.6) is 0 Å². The van der Waals surface area contributed by atoms with Crippen molar-refractivity contribution in [2.45, 2.75) is 0 Å². The molecule has 3 aromatic heterocycles. The third-order valence-electron chi connectivity index (χ3n) is 3.31. The van der Waals surface area contributed by atoms with E-state index in [4.69, 9.17) is 0 Å². The van der Waals surface area contributed by atoms with E-state index in [0.717, 1.165) is 12.2 Å². The third kappa shape index (κ3) is 4.14. The minimum absolute atomic E-state index is 0.0299. The number of pyridine rings is 1. The van der Waals surface area contributed by atoms with Crippen LogP contribution in [0.25, 0.3) is 11.5 Å². The standard InChI is InChI=1S/C19H13NO4S2/c21-14(10-16(23)18-6-2-8-25-18)12-4-1-5-13(20-12)15(22)11-17(24)19-7-3-9-26-19/h1-11,21-22H/p-2/b14-10-,15-11-. The molecule has 0 atom stereocenters. The summed E-state index contributed by atoms with van der Waals surface area (Å²) in [6.07, 6.45) is 1.89. The maximum Gasteiger partial charge on any atom is 0.195 e. The SMILES string of the molecule is O=C(/C=C(\[O-])c1cccc(/C([O-])=C/C(=O)c2cccs2)n1)c1cccs1. The predicted octanol–water partition coefficient (Wildman–Crippen LogP) is 2.37. The molecule has 0 saturated heterocycles. The van der Waals surface area contributed by atoms with Crippen molar-refractivity contribution < 1.29 is 19.8 Å². The van der Waals surface area contributed by atoms with Gasteiger partial charge in [-0.25, -0.2) is 0 Å². The van der Waals surface area contributed by atoms with Gasteiger partial charge in [0, 0.05) is 0 Å². The molecule has 3 aromatic rings. The van der Waals surface area contributed by atoms with Gasteiger partial charge in [0.1, 0.15) is 0 Å². The van der Waals surface area contributed by atoms with Gasteiger partial charge in [0.25, 0.3) is 0 Å². The highest BCUT2D eigenvalue weighted by Crippen LogP contribution is 2.16. The topological polar surface area (TPSA) is 93.1 Å². The molecule has 0 bridgehead atoms. The summed E-state index contributed by atoms with van der Waals surface area (Å²) in [5, 5.41) is 27.9. The number of nitrogens with zero attached hydrogens (tertiary/aromatic N) is 1. The lowest BCUT2D eigenvalue weighted by Gasteiger charge is -2.15. The van der Waals surface area contributed by atoms with Crippen molar-refractivity contribution in [3.05, 3.63) is 86.5 Å². The second-order valence-electron chi connectivity index (χ2n) is 5.11. The van der Waals surface area contributed by atoms with E-state index in [2.05, 4.69) is 4.98 Å². The summed E-state index contributed by atoms with van der Waals surface area (Å²) in [7, 11) is 0. The lowest BCUT2D eigenvalue weighted by atomic mass is 10.2. The zero-order valence-electron chi connectivity index (χ0n) is 13.2. The van der Waals surface area contributed by atoms with Crippen molar-refractivity contribution in [1.29, 1.82) is 0 Å². The van der Waals surface area contributed by atoms with E-state index >= 15 is 0 Å². The number of ketones is 2. The predicted molar refractivity (Wildman–Crippen MR) is 97.5 cm³/mol. The second kappa shape index (κ2) is 7.90. The molecule has 3 heterocycles. The van der Waals surface area contributed by atoms with Gasteiger partial charge < -0.3 is 10.2 Å². The number of carbonyl (C=O) groups is 2. The molecule has 0 radical (unpaired) electrons. The quantitative estimate of drug-likeness (QED) is 0.371. The van der Waals surface area contributed by atoms with Crippen LogP contribution in [0.3, 0.4) is 0 Å². The molecule has 7 heteroatoms. The van der Waals surface area contributed by atoms with E-state index in [1.165, 1.54) is 40.9 Å². The Bertz CT molecular complexity index is 909. The summed E-state index contributed by atoms with van der Waals surface area (Å²) in [6, 6.07) is 11.0. The molecule has 0 unspecified atom stereocenters. The molecular formula is C19H11NO4S2-2. The van der Waals surface area contributed by atoms with Crippen molar-refractivity contribution in [1.82, 2.24) is 4.98 Å². The molecule has 0 spiro atoms. The number of carbonyl (C=O) groups excluding carboxylic acids is 2. The molecule has 3 rings (SSSR count). The normalized spacial score (nSPS) is 12.2. The number of hydrogen-bond donors (Lipinski definition) is 0. The molecule has 0 aromatic carbocycles. The third-order valence-corrected chi connectivity index (χ3v) is 5.08. The van der Waals surface area contributed by atoms with Gasteiger partial charge in [0.2, 0.25) is 0 Å². The average molecular weight is 381 g/mol. The Kier molecular flexibility index (Phi) is 5.40. The first kappa shape index (κ1) is 17.8. The summed E-state index contributed by atoms with van der Waals surface area (Å²) in [5.74, 6) is -2.02. The number of thiophene rings is 2. The van der Waals surface area contributed by atoms with E-state index in [1.807, 2.05) is 0 Å². The lowest BCUT2D eigenvalue weighted by Crippen LogP contribution is -2.11. The molecular weight excluding hydrogens is 370 g/mol. The van der Waals surface area contributed by atoms with Gasteiger partial charge in [-0.15, -0.1) is 22.7 Å². The van der Waals surface area contributed by atoms with Crippen LogP contribution in [-0.4, -0.2) is 16.6 Å². The number of aromatic nitrogens is 1. The molecule has 5 nitrogen and oxygen atoms in total. The molecule has 0 fully saturated rings. The van der Waals surface area contributed by atoms with Gasteiger partial charge in [-0.05, 0) is 47.2 Å². The van der Waals surface area contributed by atoms with Gasteiger partial charge in [0.15, 0.2) is 11.6 Å². The van der Waals surface area contributed by atoms with E-state index in [9.17, 15) is 19.8 Å². The van der Waals surface area contributed by atoms with E-state index in [0.29, 0.717) is 9.75 Å². The lowest BCUT2D eigenvalue weighted by molar-refractivity contribution is -0.245. The van der Waals surface area contributed by atoms with Gasteiger partial charge in [0.05, 0.1) is 21.1 Å². The fraction of sp³-hybridized carbons (Fsp3) is 0. The Morgan fingerprint density at radius 3 is 1.62 bits per heavy atom. The van der Waals surface area contributed by atoms with Crippen LogP contribution in [0, 0.1) is 0 Å². The average Bonchev–Trinajstić information content (AvgIpc) is 3.35. The Morgan fingerprint density at radius 2 is 1.23 bits per heavy atom. The Labute approximate surface area is 157 Å². The summed E-state index contributed by atoms with van der Waals surface area (Å²) >= 11 is 2.47. The van der Waals surface area contributed by atoms with Crippen molar-refractivity contribution in [3.8, 4) is 0 Å². The fourth-order valence-electron chi connectivity index (χ4n) is 2.07. The van der Waals surface area contributed by atoms with E-state index in [1.54, 1.807) is 35.0 Å². The molecule has 0 amide bonds. The van der Waals surface area contributed by atoms with E-state index in [-0.39, 0.29) is 11.4 Å². The summed E-state index contributed by atoms with van der Waals surface area (Å²) in [5.41, 5.74) is -0.0598. The first-order valence-corrected chi connectivity index (χ1v) is 9.21. The van der Waals surface area contributed by atoms with Gasteiger partial charge in [-0.2, -0.15) is 0 Å². The summed E-state index contributed by atoms with van der Waals surface area (Å²) in [4.78, 5) is 28.8. The minimum Gasteiger partial charge on any atom is -0.871 e. The molecule has 0 aliphatic rings. The van der Waals surface area contributed by atoms with Crippen molar-refractivity contribution in [2.24, 2.45) is 0 Å². The zero-order chi connectivity index (χ0) is 18.5. The Balaban J connectivity index is 1.83. The van der Waals surface area contributed by atoms with Crippen LogP contribution in [0.4, 0.5) is 0 Å². The molecule has 0 aliphatic carbocycles. The van der Waals surface area contributed by atoms with Gasteiger partial charge in [-0.3, -0.25) is 14.6 Å². The van der Waals surface area contributed by atoms with Crippen molar-refractivity contribution >= 4 is 45.8 Å². The first-order valence-electron chi connectivity index (χ1n) is 7.45. The molecule has 130 valence electrons. The smallest absolute Gasteiger partial charge is 0.195 e. The van der Waals surface area contributed by atoms with Gasteiger partial charge in [-0.1, -0.05) is 29.7 Å². The summed E-state index contributed by atoms with van der Waals surface area (Å²) in [6.45, 7) is 0. The van der Waals surface area contributed by atoms with Crippen LogP contribution >= 0.6 is 22.7 Å². The fourth-order valence-corrected chi connectivity index (χ4v) is 3.35. The van der Waals surface area contributed by atoms with E-state index < -0.39 is 23.1 Å². The maximum absolute atomic E-state index is 12.2. The molecule has 0 saturated carbocycles. The van der Waals surface area contributed by atoms with Gasteiger partial charge >= 0.3 is 0 Å². The minimum atomic E-state index is -0.595. The number of rotatable bonds is 6. The highest BCUT2D eigenvalue weighted by molar-refractivity contribution is 7.12. The second-order valence-corrected chi connectivity index (χ2v) is 7.00. The van der Waals surface area contributed by atoms with Crippen molar-refractivity contribution in [3.63, 3.8) is 0 Å². The Hall–Kier alpha value is -3.03. The van der Waals surface area contributed by atoms with Crippen LogP contribution in [0.2, 0.25) is 0 Å². The Morgan fingerprint density at radius 1 is 0.769 bits per heavy atom. The molecule has 0 aliphatic heterocycles. The molecule has 26 heavy (non-hydrogen) atoms. The monoisotopic (exact) mass is 381 g/mol. The number of allylic oxidation sites excluding steroid dienone is 2. The maximum atomic E-state index is 12.2. The van der Waals surface area contributed by atoms with Crippen molar-refractivity contribution in [2.75, 3.05) is 0 Å². The largest absolute Gasteiger partial charge is 0.871 e. The zero-order valence-corrected chi connectivity index (χ0v) is 14.9. The first-order chi connectivity index (χ1) is 12.5. The summed E-state index contributed by atoms with van der Waals surface area (Å²) < 4.78 is 0. The van der Waals surface area contributed by atoms with Crippen LogP contribution in [0.1, 0.15) is 30.7 Å².